The minimum absolute atomic E-state index is 0.157. The van der Waals surface area contributed by atoms with Crippen LogP contribution >= 0.6 is 0 Å². The first-order valence-corrected chi connectivity index (χ1v) is 14.2. The summed E-state index contributed by atoms with van der Waals surface area (Å²) < 4.78 is 19.7. The fraction of sp³-hybridized carbons (Fsp3) is 0.500. The van der Waals surface area contributed by atoms with Gasteiger partial charge in [0.1, 0.15) is 11.9 Å². The number of anilines is 2. The number of nitrogens with zero attached hydrogens (tertiary/aromatic N) is 2. The van der Waals surface area contributed by atoms with Crippen molar-refractivity contribution < 1.29 is 28.6 Å². The van der Waals surface area contributed by atoms with Crippen molar-refractivity contribution in [1.82, 2.24) is 15.1 Å². The minimum atomic E-state index is -0.600. The van der Waals surface area contributed by atoms with Crippen LogP contribution in [0.25, 0.3) is 0 Å². The van der Waals surface area contributed by atoms with E-state index in [2.05, 4.69) is 16.0 Å². The third-order valence-electron chi connectivity index (χ3n) is 7.77. The first-order chi connectivity index (χ1) is 19.7. The van der Waals surface area contributed by atoms with E-state index in [4.69, 9.17) is 4.74 Å². The molecule has 3 atom stereocenters. The second kappa shape index (κ2) is 13.7. The quantitative estimate of drug-likeness (QED) is 0.386. The average molecular weight is 570 g/mol. The number of carbonyl (C=O) groups is 3. The zero-order valence-corrected chi connectivity index (χ0v) is 23.9. The topological polar surface area (TPSA) is 123 Å². The predicted octanol–water partition coefficient (Wildman–Crippen LogP) is 4.66. The predicted molar refractivity (Wildman–Crippen MR) is 155 cm³/mol. The van der Waals surface area contributed by atoms with Crippen LogP contribution in [0.2, 0.25) is 0 Å². The van der Waals surface area contributed by atoms with Crippen molar-refractivity contribution in [3.63, 3.8) is 0 Å². The van der Waals surface area contributed by atoms with Gasteiger partial charge in [0.25, 0.3) is 5.91 Å². The molecule has 1 fully saturated rings. The Kier molecular flexibility index (Phi) is 10.0. The van der Waals surface area contributed by atoms with Crippen LogP contribution in [0, 0.1) is 11.7 Å². The van der Waals surface area contributed by atoms with E-state index >= 15 is 0 Å². The van der Waals surface area contributed by atoms with Gasteiger partial charge < -0.3 is 35.6 Å². The van der Waals surface area contributed by atoms with Crippen LogP contribution in [0.15, 0.2) is 42.5 Å². The number of aliphatic hydroxyl groups is 1. The zero-order valence-electron chi connectivity index (χ0n) is 23.9. The van der Waals surface area contributed by atoms with Crippen molar-refractivity contribution in [3.8, 4) is 5.75 Å². The number of hydrogen-bond donors (Lipinski definition) is 4. The molecule has 1 heterocycles. The third-order valence-corrected chi connectivity index (χ3v) is 7.77. The molecule has 222 valence electrons. The monoisotopic (exact) mass is 569 g/mol. The normalized spacial score (nSPS) is 20.1. The number of urea groups is 2. The summed E-state index contributed by atoms with van der Waals surface area (Å²) >= 11 is 0. The van der Waals surface area contributed by atoms with Crippen LogP contribution in [0.4, 0.5) is 25.4 Å². The molecule has 5 amide bonds. The molecule has 0 aromatic heterocycles. The number of fused-ring (bicyclic) bond motifs is 1. The van der Waals surface area contributed by atoms with E-state index in [0.717, 1.165) is 25.7 Å². The summed E-state index contributed by atoms with van der Waals surface area (Å²) in [6, 6.07) is 9.14. The highest BCUT2D eigenvalue weighted by Gasteiger charge is 2.35. The molecule has 4 N–H and O–H groups in total. The highest BCUT2D eigenvalue weighted by molar-refractivity contribution is 6.04. The van der Waals surface area contributed by atoms with Crippen LogP contribution in [0.1, 0.15) is 56.3 Å². The van der Waals surface area contributed by atoms with Gasteiger partial charge in [-0.1, -0.05) is 32.3 Å². The van der Waals surface area contributed by atoms with Crippen LogP contribution in [-0.2, 0) is 0 Å². The molecule has 41 heavy (non-hydrogen) atoms. The number of amides is 5. The Morgan fingerprint density at radius 3 is 2.51 bits per heavy atom. The molecule has 1 aliphatic heterocycles. The number of ether oxygens (including phenoxy) is 1. The van der Waals surface area contributed by atoms with Gasteiger partial charge in [0.2, 0.25) is 0 Å². The number of aliphatic hydroxyl groups excluding tert-OH is 1. The van der Waals surface area contributed by atoms with Gasteiger partial charge in [0, 0.05) is 31.2 Å². The largest absolute Gasteiger partial charge is 0.485 e. The van der Waals surface area contributed by atoms with Crippen LogP contribution in [-0.4, -0.2) is 77.8 Å². The molecule has 1 saturated carbocycles. The lowest BCUT2D eigenvalue weighted by Crippen LogP contribution is -2.52. The Balaban J connectivity index is 1.59. The molecule has 10 nitrogen and oxygen atoms in total. The summed E-state index contributed by atoms with van der Waals surface area (Å²) in [5.74, 6) is -0.795. The number of rotatable bonds is 7. The number of hydrogen-bond acceptors (Lipinski definition) is 5. The van der Waals surface area contributed by atoms with E-state index < -0.39 is 24.0 Å². The van der Waals surface area contributed by atoms with E-state index in [1.165, 1.54) is 30.7 Å². The minimum Gasteiger partial charge on any atom is -0.485 e. The van der Waals surface area contributed by atoms with Crippen LogP contribution in [0.5, 0.6) is 5.75 Å². The van der Waals surface area contributed by atoms with E-state index in [-0.39, 0.29) is 54.1 Å². The Hall–Kier alpha value is -3.86. The molecule has 0 saturated heterocycles. The number of halogens is 1. The lowest BCUT2D eigenvalue weighted by molar-refractivity contribution is 0.0368. The summed E-state index contributed by atoms with van der Waals surface area (Å²) in [5, 5.41) is 18.4. The second-order valence-electron chi connectivity index (χ2n) is 11.1. The Bertz CT molecular complexity index is 1220. The second-order valence-corrected chi connectivity index (χ2v) is 11.1. The highest BCUT2D eigenvalue weighted by Crippen LogP contribution is 2.35. The molecule has 0 unspecified atom stereocenters. The van der Waals surface area contributed by atoms with Gasteiger partial charge in [-0.3, -0.25) is 4.79 Å². The van der Waals surface area contributed by atoms with Gasteiger partial charge in [-0.25, -0.2) is 14.0 Å². The number of carbonyl (C=O) groups excluding carboxylic acids is 3. The van der Waals surface area contributed by atoms with Crippen LogP contribution < -0.4 is 20.7 Å². The number of benzene rings is 2. The summed E-state index contributed by atoms with van der Waals surface area (Å²) in [4.78, 5) is 42.7. The van der Waals surface area contributed by atoms with E-state index in [1.807, 2.05) is 6.92 Å². The summed E-state index contributed by atoms with van der Waals surface area (Å²) in [6.45, 7) is 4.03. The Labute approximate surface area is 240 Å². The molecule has 11 heteroatoms. The van der Waals surface area contributed by atoms with Crippen molar-refractivity contribution in [2.45, 2.75) is 64.1 Å². The standard InChI is InChI=1S/C30H40FN5O5/c1-19-16-36(20(2)18-37)28(38)24-10-7-11-25(34-29(39)32-23-14-12-21(31)13-15-23)27(24)41-26(19)17-35(3)30(40)33-22-8-5-4-6-9-22/h7,10-15,19-20,22,26,37H,4-6,8-9,16-18H2,1-3H3,(H,33,40)(H2,32,34,39)/t19-,20-,26-/m0/s1. The molecule has 1 aliphatic carbocycles. The number of para-hydroxylation sites is 1. The summed E-state index contributed by atoms with van der Waals surface area (Å²) in [7, 11) is 1.72. The van der Waals surface area contributed by atoms with Gasteiger partial charge in [-0.15, -0.1) is 0 Å². The van der Waals surface area contributed by atoms with Gasteiger partial charge in [0.15, 0.2) is 5.75 Å². The summed E-state index contributed by atoms with van der Waals surface area (Å²) in [6.07, 6.45) is 4.80. The molecular weight excluding hydrogens is 529 g/mol. The van der Waals surface area contributed by atoms with E-state index in [0.29, 0.717) is 12.2 Å². The average Bonchev–Trinajstić information content (AvgIpc) is 2.96. The van der Waals surface area contributed by atoms with Gasteiger partial charge in [-0.2, -0.15) is 0 Å². The van der Waals surface area contributed by atoms with Gasteiger partial charge >= 0.3 is 12.1 Å². The van der Waals surface area contributed by atoms with E-state index in [9.17, 15) is 23.9 Å². The van der Waals surface area contributed by atoms with Crippen molar-refractivity contribution in [2.24, 2.45) is 5.92 Å². The molecule has 0 bridgehead atoms. The molecule has 0 spiro atoms. The highest BCUT2D eigenvalue weighted by atomic mass is 19.1. The molecule has 4 rings (SSSR count). The molecular formula is C30H40FN5O5. The maximum Gasteiger partial charge on any atom is 0.323 e. The molecule has 2 aliphatic rings. The molecule has 0 radical (unpaired) electrons. The maximum absolute atomic E-state index is 13.7. The van der Waals surface area contributed by atoms with Crippen molar-refractivity contribution in [2.75, 3.05) is 37.4 Å². The first kappa shape index (κ1) is 30.1. The number of likely N-dealkylation sites (N-methyl/N-ethyl adjacent to an activating group) is 1. The number of nitrogens with one attached hydrogen (secondary N) is 3. The maximum atomic E-state index is 13.7. The fourth-order valence-electron chi connectivity index (χ4n) is 5.26. The van der Waals surface area contributed by atoms with Crippen molar-refractivity contribution in [1.29, 1.82) is 0 Å². The van der Waals surface area contributed by atoms with Crippen molar-refractivity contribution >= 4 is 29.3 Å². The smallest absolute Gasteiger partial charge is 0.323 e. The Morgan fingerprint density at radius 2 is 1.83 bits per heavy atom. The van der Waals surface area contributed by atoms with Crippen LogP contribution in [0.3, 0.4) is 0 Å². The summed E-state index contributed by atoms with van der Waals surface area (Å²) in [5.41, 5.74) is 0.885. The van der Waals surface area contributed by atoms with Gasteiger partial charge in [-0.05, 0) is 56.2 Å². The van der Waals surface area contributed by atoms with Crippen molar-refractivity contribution in [3.05, 3.63) is 53.8 Å². The first-order valence-electron chi connectivity index (χ1n) is 14.2. The van der Waals surface area contributed by atoms with Gasteiger partial charge in [0.05, 0.1) is 30.4 Å². The Morgan fingerprint density at radius 1 is 1.12 bits per heavy atom. The SMILES string of the molecule is C[C@H]1CN([C@@H](C)CO)C(=O)c2cccc(NC(=O)Nc3ccc(F)cc3)c2O[C@H]1CN(C)C(=O)NC1CCCCC1. The lowest BCUT2D eigenvalue weighted by Gasteiger charge is -2.38. The molecule has 2 aromatic rings. The fourth-order valence-corrected chi connectivity index (χ4v) is 5.26. The lowest BCUT2D eigenvalue weighted by atomic mass is 9.96. The van der Waals surface area contributed by atoms with E-state index in [1.54, 1.807) is 42.0 Å². The molecule has 2 aromatic carbocycles. The zero-order chi connectivity index (χ0) is 29.5. The third kappa shape index (κ3) is 7.66.